The van der Waals surface area contributed by atoms with Crippen LogP contribution in [-0.2, 0) is 6.54 Å². The molecular weight excluding hydrogens is 322 g/mol. The Morgan fingerprint density at radius 1 is 1.13 bits per heavy atom. The number of benzene rings is 1. The highest BCUT2D eigenvalue weighted by molar-refractivity contribution is 7.19. The second kappa shape index (κ2) is 5.20. The fourth-order valence-electron chi connectivity index (χ4n) is 2.20. The number of hydrogen-bond donors (Lipinski definition) is 0. The monoisotopic (exact) mass is 332 g/mol. The van der Waals surface area contributed by atoms with Crippen molar-refractivity contribution in [3.63, 3.8) is 0 Å². The predicted octanol–water partition coefficient (Wildman–Crippen LogP) is 3.01. The molecule has 1 aromatic carbocycles. The van der Waals surface area contributed by atoms with E-state index in [1.807, 2.05) is 13.1 Å². The van der Waals surface area contributed by atoms with E-state index in [4.69, 9.17) is 0 Å². The molecule has 0 aliphatic rings. The molecule has 0 amide bonds. The maximum absolute atomic E-state index is 13.4. The summed E-state index contributed by atoms with van der Waals surface area (Å²) < 4.78 is 29.8. The Kier molecular flexibility index (Phi) is 3.15. The van der Waals surface area contributed by atoms with E-state index in [0.717, 1.165) is 29.2 Å². The summed E-state index contributed by atoms with van der Waals surface area (Å²) in [6.45, 7) is 2.76. The van der Waals surface area contributed by atoms with Crippen LogP contribution >= 0.6 is 11.3 Å². The van der Waals surface area contributed by atoms with Gasteiger partial charge in [0.05, 0.1) is 11.8 Å². The Hall–Kier alpha value is -2.68. The highest BCUT2D eigenvalue weighted by Crippen LogP contribution is 2.28. The van der Waals surface area contributed by atoms with Crippen molar-refractivity contribution >= 4 is 16.3 Å². The number of hydrogen-bond acceptors (Lipinski definition) is 5. The van der Waals surface area contributed by atoms with E-state index in [1.165, 1.54) is 21.9 Å². The van der Waals surface area contributed by atoms with Gasteiger partial charge in [-0.25, -0.2) is 8.78 Å². The van der Waals surface area contributed by atoms with Gasteiger partial charge in [0.15, 0.2) is 22.5 Å². The highest BCUT2D eigenvalue weighted by atomic mass is 32.1. The molecule has 9 heteroatoms. The molecule has 0 aliphatic carbocycles. The summed E-state index contributed by atoms with van der Waals surface area (Å²) in [7, 11) is 0. The zero-order chi connectivity index (χ0) is 16.0. The van der Waals surface area contributed by atoms with Crippen LogP contribution in [0.3, 0.4) is 0 Å². The Morgan fingerprint density at radius 3 is 2.74 bits per heavy atom. The number of aryl methyl sites for hydroxylation is 1. The Labute approximate surface area is 133 Å². The first kappa shape index (κ1) is 13.9. The molecule has 3 heterocycles. The van der Waals surface area contributed by atoms with Crippen LogP contribution < -0.4 is 0 Å². The van der Waals surface area contributed by atoms with Crippen LogP contribution in [0.4, 0.5) is 8.78 Å². The molecule has 0 saturated heterocycles. The second-order valence-corrected chi connectivity index (χ2v) is 5.79. The molecule has 4 rings (SSSR count). The van der Waals surface area contributed by atoms with E-state index >= 15 is 0 Å². The lowest BCUT2D eigenvalue weighted by molar-refractivity contribution is 0.509. The number of nitrogens with zero attached hydrogens (tertiary/aromatic N) is 6. The summed E-state index contributed by atoms with van der Waals surface area (Å²) >= 11 is 1.35. The van der Waals surface area contributed by atoms with Crippen molar-refractivity contribution in [3.8, 4) is 22.0 Å². The minimum atomic E-state index is -0.932. The molecule has 0 bridgehead atoms. The van der Waals surface area contributed by atoms with Gasteiger partial charge in [0.1, 0.15) is 0 Å². The van der Waals surface area contributed by atoms with Gasteiger partial charge in [0.2, 0.25) is 4.96 Å². The van der Waals surface area contributed by atoms with Gasteiger partial charge in [0.25, 0.3) is 0 Å². The Bertz CT molecular complexity index is 1000. The van der Waals surface area contributed by atoms with Gasteiger partial charge in [-0.15, -0.1) is 10.2 Å². The summed E-state index contributed by atoms with van der Waals surface area (Å²) in [5.41, 5.74) is 1.29. The van der Waals surface area contributed by atoms with Gasteiger partial charge in [-0.05, 0) is 25.1 Å². The smallest absolute Gasteiger partial charge is 0.235 e. The third kappa shape index (κ3) is 2.29. The third-order valence-electron chi connectivity index (χ3n) is 3.37. The van der Waals surface area contributed by atoms with Crippen LogP contribution in [-0.4, -0.2) is 29.6 Å². The lowest BCUT2D eigenvalue weighted by Gasteiger charge is -1.98. The molecule has 6 nitrogen and oxygen atoms in total. The van der Waals surface area contributed by atoms with Crippen molar-refractivity contribution in [2.45, 2.75) is 13.5 Å². The van der Waals surface area contributed by atoms with Gasteiger partial charge >= 0.3 is 0 Å². The molecular formula is C14H10F2N6S. The van der Waals surface area contributed by atoms with Gasteiger partial charge in [-0.3, -0.25) is 4.68 Å². The maximum Gasteiger partial charge on any atom is 0.235 e. The van der Waals surface area contributed by atoms with Gasteiger partial charge in [-0.1, -0.05) is 11.3 Å². The SMILES string of the molecule is CCn1cc(-c2nn3c(-c4ccc(F)c(F)c4)nnc3s2)cn1. The standard InChI is InChI=1S/C14H10F2N6S/c1-2-21-7-9(6-17-21)13-20-22-12(18-19-14(22)23-13)8-3-4-10(15)11(16)5-8/h3-7H,2H2,1H3. The molecule has 0 atom stereocenters. The van der Waals surface area contributed by atoms with Crippen molar-refractivity contribution < 1.29 is 8.78 Å². The van der Waals surface area contributed by atoms with E-state index in [1.54, 1.807) is 10.9 Å². The van der Waals surface area contributed by atoms with E-state index < -0.39 is 11.6 Å². The van der Waals surface area contributed by atoms with E-state index in [0.29, 0.717) is 16.3 Å². The molecule has 0 aliphatic heterocycles. The highest BCUT2D eigenvalue weighted by Gasteiger charge is 2.16. The maximum atomic E-state index is 13.4. The molecule has 0 radical (unpaired) electrons. The zero-order valence-corrected chi connectivity index (χ0v) is 12.8. The average Bonchev–Trinajstić information content (AvgIpc) is 3.23. The first-order valence-electron chi connectivity index (χ1n) is 6.86. The quantitative estimate of drug-likeness (QED) is 0.579. The van der Waals surface area contributed by atoms with Crippen molar-refractivity contribution in [3.05, 3.63) is 42.2 Å². The Morgan fingerprint density at radius 2 is 2.00 bits per heavy atom. The molecule has 0 N–H and O–H groups in total. The van der Waals surface area contributed by atoms with Gasteiger partial charge in [0, 0.05) is 18.3 Å². The van der Waals surface area contributed by atoms with Crippen LogP contribution in [0.1, 0.15) is 6.92 Å². The van der Waals surface area contributed by atoms with E-state index in [9.17, 15) is 8.78 Å². The molecule has 0 fully saturated rings. The van der Waals surface area contributed by atoms with E-state index in [2.05, 4.69) is 20.4 Å². The normalized spacial score (nSPS) is 11.4. The van der Waals surface area contributed by atoms with Crippen molar-refractivity contribution in [2.24, 2.45) is 0 Å². The molecule has 116 valence electrons. The summed E-state index contributed by atoms with van der Waals surface area (Å²) in [5.74, 6) is -1.47. The van der Waals surface area contributed by atoms with Crippen molar-refractivity contribution in [1.82, 2.24) is 29.6 Å². The van der Waals surface area contributed by atoms with Crippen molar-refractivity contribution in [1.29, 1.82) is 0 Å². The lowest BCUT2D eigenvalue weighted by atomic mass is 10.2. The number of rotatable bonds is 3. The average molecular weight is 332 g/mol. The molecule has 0 saturated carbocycles. The first-order chi connectivity index (χ1) is 11.2. The number of aromatic nitrogens is 6. The predicted molar refractivity (Wildman–Crippen MR) is 80.9 cm³/mol. The minimum absolute atomic E-state index is 0.365. The lowest BCUT2D eigenvalue weighted by Crippen LogP contribution is -1.93. The van der Waals surface area contributed by atoms with Crippen LogP contribution in [0.25, 0.3) is 26.9 Å². The molecule has 3 aromatic heterocycles. The summed E-state index contributed by atoms with van der Waals surface area (Å²) in [4.78, 5) is 0.573. The minimum Gasteiger partial charge on any atom is -0.272 e. The summed E-state index contributed by atoms with van der Waals surface area (Å²) in [6.07, 6.45) is 3.62. The van der Waals surface area contributed by atoms with Crippen LogP contribution in [0.15, 0.2) is 30.6 Å². The van der Waals surface area contributed by atoms with E-state index in [-0.39, 0.29) is 0 Å². The van der Waals surface area contributed by atoms with Crippen LogP contribution in [0, 0.1) is 11.6 Å². The second-order valence-electron chi connectivity index (χ2n) is 4.84. The largest absolute Gasteiger partial charge is 0.272 e. The molecule has 0 spiro atoms. The molecule has 0 unspecified atom stereocenters. The topological polar surface area (TPSA) is 60.9 Å². The molecule has 4 aromatic rings. The Balaban J connectivity index is 1.81. The van der Waals surface area contributed by atoms with Crippen LogP contribution in [0.2, 0.25) is 0 Å². The first-order valence-corrected chi connectivity index (χ1v) is 7.68. The van der Waals surface area contributed by atoms with Gasteiger partial charge < -0.3 is 0 Å². The zero-order valence-electron chi connectivity index (χ0n) is 11.9. The fraction of sp³-hybridized carbons (Fsp3) is 0.143. The van der Waals surface area contributed by atoms with Gasteiger partial charge in [-0.2, -0.15) is 14.7 Å². The van der Waals surface area contributed by atoms with Crippen molar-refractivity contribution in [2.75, 3.05) is 0 Å². The fourth-order valence-corrected chi connectivity index (χ4v) is 3.01. The number of halogens is 2. The third-order valence-corrected chi connectivity index (χ3v) is 4.32. The summed E-state index contributed by atoms with van der Waals surface area (Å²) in [6, 6.07) is 3.59. The summed E-state index contributed by atoms with van der Waals surface area (Å²) in [5, 5.41) is 17.5. The van der Waals surface area contributed by atoms with Crippen LogP contribution in [0.5, 0.6) is 0 Å². The number of fused-ring (bicyclic) bond motifs is 1. The molecule has 23 heavy (non-hydrogen) atoms.